The Labute approximate surface area is 115 Å². The van der Waals surface area contributed by atoms with Gasteiger partial charge in [0.25, 0.3) is 5.91 Å². The van der Waals surface area contributed by atoms with Crippen molar-refractivity contribution in [3.63, 3.8) is 0 Å². The lowest BCUT2D eigenvalue weighted by molar-refractivity contribution is 0.0991. The third kappa shape index (κ3) is 2.29. The molecule has 1 aromatic heterocycles. The van der Waals surface area contributed by atoms with Crippen LogP contribution < -0.4 is 11.1 Å². The van der Waals surface area contributed by atoms with E-state index in [9.17, 15) is 4.79 Å². The highest BCUT2D eigenvalue weighted by atomic mass is 16.1. The van der Waals surface area contributed by atoms with Gasteiger partial charge in [-0.05, 0) is 30.3 Å². The van der Waals surface area contributed by atoms with E-state index in [0.717, 1.165) is 11.1 Å². The quantitative estimate of drug-likeness (QED) is 0.759. The number of hydrogen-bond donors (Lipinski definition) is 2. The molecule has 0 saturated heterocycles. The van der Waals surface area contributed by atoms with Gasteiger partial charge >= 0.3 is 0 Å². The van der Waals surface area contributed by atoms with Crippen LogP contribution in [0.15, 0.2) is 48.5 Å². The molecular formula is C15H11N4O. The molecule has 3 N–H and O–H groups in total. The van der Waals surface area contributed by atoms with Crippen LogP contribution in [0.4, 0.5) is 11.5 Å². The van der Waals surface area contributed by atoms with Gasteiger partial charge in [0.2, 0.25) is 5.82 Å². The number of carbonyl (C=O) groups is 1. The summed E-state index contributed by atoms with van der Waals surface area (Å²) in [6.07, 6.45) is 0. The third-order valence-corrected chi connectivity index (χ3v) is 2.80. The Kier molecular flexibility index (Phi) is 3.01. The van der Waals surface area contributed by atoms with E-state index in [0.29, 0.717) is 11.3 Å². The standard InChI is InChI=1S/C15H11N4O/c16-13(20)15-18-12-9-5-4-8-11(12)14(19-15)17-10-6-2-1-3-7-10/h1-3,5-9H,(H2,16,20)(H,17,18,19). The van der Waals surface area contributed by atoms with Gasteiger partial charge in [-0.3, -0.25) is 4.79 Å². The van der Waals surface area contributed by atoms with Crippen molar-refractivity contribution in [2.24, 2.45) is 5.73 Å². The Hall–Kier alpha value is -2.95. The van der Waals surface area contributed by atoms with E-state index in [1.165, 1.54) is 0 Å². The van der Waals surface area contributed by atoms with Crippen molar-refractivity contribution in [3.8, 4) is 0 Å². The normalized spacial score (nSPS) is 10.4. The van der Waals surface area contributed by atoms with E-state index in [2.05, 4.69) is 21.4 Å². The molecule has 0 aliphatic carbocycles. The molecule has 0 aliphatic heterocycles. The van der Waals surface area contributed by atoms with Gasteiger partial charge < -0.3 is 11.1 Å². The number of nitrogens with one attached hydrogen (secondary N) is 1. The molecule has 0 unspecified atom stereocenters. The highest BCUT2D eigenvalue weighted by molar-refractivity contribution is 5.96. The second-order valence-corrected chi connectivity index (χ2v) is 4.19. The summed E-state index contributed by atoms with van der Waals surface area (Å²) >= 11 is 0. The second-order valence-electron chi connectivity index (χ2n) is 4.19. The fourth-order valence-corrected chi connectivity index (χ4v) is 1.88. The van der Waals surface area contributed by atoms with E-state index in [1.807, 2.05) is 30.3 Å². The Morgan fingerprint density at radius 1 is 1.15 bits per heavy atom. The van der Waals surface area contributed by atoms with E-state index in [1.54, 1.807) is 18.2 Å². The first kappa shape index (κ1) is 12.1. The molecule has 0 spiro atoms. The molecule has 1 amide bonds. The lowest BCUT2D eigenvalue weighted by Crippen LogP contribution is -2.16. The molecule has 3 rings (SSSR count). The number of rotatable bonds is 3. The number of nitrogens with zero attached hydrogens (tertiary/aromatic N) is 2. The number of primary amides is 1. The minimum absolute atomic E-state index is 0.0119. The number of benzene rings is 2. The minimum atomic E-state index is -0.657. The van der Waals surface area contributed by atoms with Crippen LogP contribution >= 0.6 is 0 Å². The molecule has 0 saturated carbocycles. The SMILES string of the molecule is NC(=O)c1nc(Nc2ccccc2)c2c[c]ccc2n1. The van der Waals surface area contributed by atoms with Crippen molar-refractivity contribution in [3.05, 3.63) is 60.4 Å². The number of para-hydroxylation sites is 1. The maximum absolute atomic E-state index is 11.3. The Morgan fingerprint density at radius 3 is 2.70 bits per heavy atom. The number of carbonyl (C=O) groups excluding carboxylic acids is 1. The lowest BCUT2D eigenvalue weighted by atomic mass is 10.2. The Morgan fingerprint density at radius 2 is 1.95 bits per heavy atom. The van der Waals surface area contributed by atoms with Gasteiger partial charge in [0.1, 0.15) is 5.82 Å². The molecule has 1 heterocycles. The van der Waals surface area contributed by atoms with Crippen LogP contribution in [-0.2, 0) is 0 Å². The first-order valence-electron chi connectivity index (χ1n) is 6.04. The summed E-state index contributed by atoms with van der Waals surface area (Å²) in [7, 11) is 0. The first-order valence-corrected chi connectivity index (χ1v) is 6.04. The second kappa shape index (κ2) is 4.97. The summed E-state index contributed by atoms with van der Waals surface area (Å²) in [6, 6.07) is 17.8. The molecule has 2 aromatic carbocycles. The van der Waals surface area contributed by atoms with Crippen LogP contribution in [0.2, 0.25) is 0 Å². The van der Waals surface area contributed by atoms with Gasteiger partial charge in [-0.25, -0.2) is 9.97 Å². The number of anilines is 2. The van der Waals surface area contributed by atoms with Crippen molar-refractivity contribution in [1.82, 2.24) is 9.97 Å². The summed E-state index contributed by atoms with van der Waals surface area (Å²) in [4.78, 5) is 19.6. The summed E-state index contributed by atoms with van der Waals surface area (Å²) in [5.41, 5.74) is 6.78. The summed E-state index contributed by atoms with van der Waals surface area (Å²) < 4.78 is 0. The van der Waals surface area contributed by atoms with Crippen molar-refractivity contribution in [2.45, 2.75) is 0 Å². The van der Waals surface area contributed by atoms with Gasteiger partial charge in [-0.2, -0.15) is 0 Å². The maximum atomic E-state index is 11.3. The molecule has 20 heavy (non-hydrogen) atoms. The van der Waals surface area contributed by atoms with Gasteiger partial charge in [0, 0.05) is 11.1 Å². The Bertz CT molecular complexity index is 771. The van der Waals surface area contributed by atoms with Gasteiger partial charge in [-0.1, -0.05) is 24.3 Å². The predicted molar refractivity (Wildman–Crippen MR) is 76.6 cm³/mol. The highest BCUT2D eigenvalue weighted by Gasteiger charge is 2.11. The van der Waals surface area contributed by atoms with Crippen molar-refractivity contribution >= 4 is 28.3 Å². The van der Waals surface area contributed by atoms with E-state index in [4.69, 9.17) is 5.73 Å². The largest absolute Gasteiger partial charge is 0.363 e. The molecule has 97 valence electrons. The predicted octanol–water partition coefficient (Wildman–Crippen LogP) is 2.27. The summed E-state index contributed by atoms with van der Waals surface area (Å²) in [6.45, 7) is 0. The van der Waals surface area contributed by atoms with Crippen LogP contribution in [0.5, 0.6) is 0 Å². The Balaban J connectivity index is 2.15. The van der Waals surface area contributed by atoms with Gasteiger partial charge in [-0.15, -0.1) is 0 Å². The van der Waals surface area contributed by atoms with Crippen molar-refractivity contribution < 1.29 is 4.79 Å². The monoisotopic (exact) mass is 263 g/mol. The molecule has 3 aromatic rings. The highest BCUT2D eigenvalue weighted by Crippen LogP contribution is 2.23. The topological polar surface area (TPSA) is 80.9 Å². The van der Waals surface area contributed by atoms with Crippen molar-refractivity contribution in [1.29, 1.82) is 0 Å². The number of hydrogen-bond acceptors (Lipinski definition) is 4. The van der Waals surface area contributed by atoms with E-state index < -0.39 is 5.91 Å². The maximum Gasteiger partial charge on any atom is 0.286 e. The molecule has 1 radical (unpaired) electrons. The van der Waals surface area contributed by atoms with Crippen LogP contribution in [0, 0.1) is 6.07 Å². The zero-order valence-electron chi connectivity index (χ0n) is 10.5. The molecule has 5 heteroatoms. The summed E-state index contributed by atoms with van der Waals surface area (Å²) in [5, 5.41) is 3.94. The molecule has 0 atom stereocenters. The average Bonchev–Trinajstić information content (AvgIpc) is 2.48. The zero-order valence-corrected chi connectivity index (χ0v) is 10.5. The minimum Gasteiger partial charge on any atom is -0.363 e. The lowest BCUT2D eigenvalue weighted by Gasteiger charge is -2.09. The fourth-order valence-electron chi connectivity index (χ4n) is 1.88. The van der Waals surface area contributed by atoms with Crippen LogP contribution in [0.1, 0.15) is 10.6 Å². The fraction of sp³-hybridized carbons (Fsp3) is 0. The number of fused-ring (bicyclic) bond motifs is 1. The van der Waals surface area contributed by atoms with E-state index in [-0.39, 0.29) is 5.82 Å². The smallest absolute Gasteiger partial charge is 0.286 e. The van der Waals surface area contributed by atoms with Gasteiger partial charge in [0.15, 0.2) is 0 Å². The number of amides is 1. The van der Waals surface area contributed by atoms with Crippen molar-refractivity contribution in [2.75, 3.05) is 5.32 Å². The van der Waals surface area contributed by atoms with Crippen LogP contribution in [0.3, 0.4) is 0 Å². The van der Waals surface area contributed by atoms with Crippen LogP contribution in [0.25, 0.3) is 10.9 Å². The number of aromatic nitrogens is 2. The third-order valence-electron chi connectivity index (χ3n) is 2.80. The molecule has 0 fully saturated rings. The van der Waals surface area contributed by atoms with Gasteiger partial charge in [0.05, 0.1) is 5.52 Å². The molecular weight excluding hydrogens is 252 g/mol. The first-order chi connectivity index (χ1) is 9.74. The summed E-state index contributed by atoms with van der Waals surface area (Å²) in [5.74, 6) is -0.134. The van der Waals surface area contributed by atoms with Crippen LogP contribution in [-0.4, -0.2) is 15.9 Å². The molecule has 0 bridgehead atoms. The average molecular weight is 263 g/mol. The molecule has 0 aliphatic rings. The van der Waals surface area contributed by atoms with E-state index >= 15 is 0 Å². The number of nitrogens with two attached hydrogens (primary N) is 1. The molecule has 5 nitrogen and oxygen atoms in total. The zero-order chi connectivity index (χ0) is 13.9.